The fraction of sp³-hybridized carbons (Fsp3) is 0.467. The zero-order chi connectivity index (χ0) is 13.9. The van der Waals surface area contributed by atoms with Crippen LogP contribution in [0.15, 0.2) is 24.3 Å². The maximum Gasteiger partial charge on any atom is 0.231 e. The molecule has 4 heterocycles. The molecule has 1 aromatic heterocycles. The number of nitrogens with one attached hydrogen (secondary N) is 2. The van der Waals surface area contributed by atoms with Crippen molar-refractivity contribution in [3.05, 3.63) is 35.7 Å². The molecule has 3 aliphatic heterocycles. The Morgan fingerprint density at radius 3 is 2.67 bits per heavy atom. The summed E-state index contributed by atoms with van der Waals surface area (Å²) in [7, 11) is 0. The van der Waals surface area contributed by atoms with Crippen molar-refractivity contribution in [3.63, 3.8) is 0 Å². The van der Waals surface area contributed by atoms with Crippen molar-refractivity contribution in [1.82, 2.24) is 25.4 Å². The highest BCUT2D eigenvalue weighted by Crippen LogP contribution is 2.38. The highest BCUT2D eigenvalue weighted by atomic mass is 15.4. The number of hydrogen-bond acceptors (Lipinski definition) is 5. The number of fused-ring (bicyclic) bond motifs is 3. The summed E-state index contributed by atoms with van der Waals surface area (Å²) in [4.78, 5) is 2.36. The monoisotopic (exact) mass is 282 g/mol. The lowest BCUT2D eigenvalue weighted by Gasteiger charge is -2.56. The van der Waals surface area contributed by atoms with Crippen LogP contribution in [0.1, 0.15) is 11.4 Å². The molecule has 5 rings (SSSR count). The lowest BCUT2D eigenvalue weighted by molar-refractivity contribution is 0.119. The number of nitrogens with zero attached hydrogens (tertiary/aromatic N) is 4. The van der Waals surface area contributed by atoms with Gasteiger partial charge in [0.2, 0.25) is 5.95 Å². The molecule has 6 nitrogen and oxygen atoms in total. The predicted octanol–water partition coefficient (Wildman–Crippen LogP) is 0.280. The minimum Gasteiger partial charge on any atom is -0.339 e. The average molecular weight is 282 g/mol. The second-order valence-electron chi connectivity index (χ2n) is 6.44. The van der Waals surface area contributed by atoms with E-state index in [-0.39, 0.29) is 0 Å². The molecule has 2 N–H and O–H groups in total. The van der Waals surface area contributed by atoms with E-state index in [0.717, 1.165) is 51.0 Å². The molecule has 21 heavy (non-hydrogen) atoms. The van der Waals surface area contributed by atoms with Crippen molar-refractivity contribution < 1.29 is 0 Å². The fourth-order valence-electron chi connectivity index (χ4n) is 3.67. The largest absolute Gasteiger partial charge is 0.339 e. The van der Waals surface area contributed by atoms with Crippen LogP contribution in [-0.4, -0.2) is 40.9 Å². The number of aromatic nitrogens is 3. The number of rotatable bonds is 1. The van der Waals surface area contributed by atoms with E-state index in [2.05, 4.69) is 54.6 Å². The minimum absolute atomic E-state index is 0.495. The quantitative estimate of drug-likeness (QED) is 0.787. The Kier molecular flexibility index (Phi) is 2.26. The van der Waals surface area contributed by atoms with Crippen molar-refractivity contribution in [2.24, 2.45) is 5.41 Å². The number of para-hydroxylation sites is 1. The van der Waals surface area contributed by atoms with E-state index in [9.17, 15) is 0 Å². The topological polar surface area (TPSA) is 58.0 Å². The van der Waals surface area contributed by atoms with Gasteiger partial charge in [-0.15, -0.1) is 10.2 Å². The number of benzene rings is 1. The normalized spacial score (nSPS) is 22.0. The van der Waals surface area contributed by atoms with Crippen molar-refractivity contribution in [2.45, 2.75) is 13.1 Å². The van der Waals surface area contributed by atoms with E-state index in [0.29, 0.717) is 5.41 Å². The fourth-order valence-corrected chi connectivity index (χ4v) is 3.67. The third-order valence-electron chi connectivity index (χ3n) is 4.88. The third-order valence-corrected chi connectivity index (χ3v) is 4.88. The second-order valence-corrected chi connectivity index (χ2v) is 6.44. The summed E-state index contributed by atoms with van der Waals surface area (Å²) in [5, 5.41) is 15.7. The second kappa shape index (κ2) is 4.05. The van der Waals surface area contributed by atoms with Gasteiger partial charge in [-0.2, -0.15) is 0 Å². The van der Waals surface area contributed by atoms with Gasteiger partial charge >= 0.3 is 0 Å². The van der Waals surface area contributed by atoms with E-state index >= 15 is 0 Å². The van der Waals surface area contributed by atoms with Crippen molar-refractivity contribution in [1.29, 1.82) is 0 Å². The molecule has 2 saturated heterocycles. The molecule has 0 saturated carbocycles. The average Bonchev–Trinajstić information content (AvgIpc) is 2.72. The van der Waals surface area contributed by atoms with Crippen LogP contribution < -0.4 is 15.5 Å². The highest BCUT2D eigenvalue weighted by Gasteiger charge is 2.49. The molecule has 0 bridgehead atoms. The summed E-state index contributed by atoms with van der Waals surface area (Å²) in [6.45, 7) is 6.11. The van der Waals surface area contributed by atoms with Crippen LogP contribution in [0.5, 0.6) is 0 Å². The molecule has 0 aliphatic carbocycles. The van der Waals surface area contributed by atoms with E-state index in [1.54, 1.807) is 0 Å². The van der Waals surface area contributed by atoms with E-state index in [1.165, 1.54) is 11.3 Å². The Morgan fingerprint density at radius 2 is 1.86 bits per heavy atom. The van der Waals surface area contributed by atoms with Gasteiger partial charge in [-0.05, 0) is 11.6 Å². The molecule has 2 aromatic rings. The van der Waals surface area contributed by atoms with Gasteiger partial charge < -0.3 is 15.5 Å². The first-order valence-corrected chi connectivity index (χ1v) is 7.54. The summed E-state index contributed by atoms with van der Waals surface area (Å²) >= 11 is 0. The summed E-state index contributed by atoms with van der Waals surface area (Å²) in [5.41, 5.74) is 3.01. The highest BCUT2D eigenvalue weighted by molar-refractivity contribution is 5.51. The van der Waals surface area contributed by atoms with Crippen LogP contribution >= 0.6 is 0 Å². The minimum atomic E-state index is 0.495. The van der Waals surface area contributed by atoms with Crippen LogP contribution in [0.2, 0.25) is 0 Å². The standard InChI is InChI=1S/C15H18N6/c1-2-4-12-11(3-1)5-16-6-13-18-19-14(21(12)13)20-9-15(10-20)7-17-8-15/h1-4,16-17H,5-10H2. The van der Waals surface area contributed by atoms with Crippen LogP contribution in [0.25, 0.3) is 5.69 Å². The Morgan fingerprint density at radius 1 is 1.00 bits per heavy atom. The molecule has 1 spiro atoms. The van der Waals surface area contributed by atoms with E-state index in [1.807, 2.05) is 0 Å². The zero-order valence-electron chi connectivity index (χ0n) is 11.8. The van der Waals surface area contributed by atoms with Gasteiger partial charge in [0.05, 0.1) is 12.2 Å². The molecule has 0 amide bonds. The van der Waals surface area contributed by atoms with Crippen LogP contribution in [0.3, 0.4) is 0 Å². The third kappa shape index (κ3) is 1.60. The number of hydrogen-bond donors (Lipinski definition) is 2. The lowest BCUT2D eigenvalue weighted by Crippen LogP contribution is -2.71. The molecule has 0 unspecified atom stereocenters. The van der Waals surface area contributed by atoms with Crippen molar-refractivity contribution in [2.75, 3.05) is 31.1 Å². The molecular weight excluding hydrogens is 264 g/mol. The maximum absolute atomic E-state index is 4.46. The van der Waals surface area contributed by atoms with Gasteiger partial charge in [0.1, 0.15) is 0 Å². The van der Waals surface area contributed by atoms with E-state index in [4.69, 9.17) is 0 Å². The first-order valence-electron chi connectivity index (χ1n) is 7.54. The van der Waals surface area contributed by atoms with Gasteiger partial charge in [0.25, 0.3) is 0 Å². The Labute approximate surface area is 123 Å². The first-order chi connectivity index (χ1) is 10.3. The van der Waals surface area contributed by atoms with Gasteiger partial charge in [0.15, 0.2) is 5.82 Å². The summed E-state index contributed by atoms with van der Waals surface area (Å²) < 4.78 is 2.23. The van der Waals surface area contributed by atoms with Gasteiger partial charge in [-0.25, -0.2) is 0 Å². The molecule has 6 heteroatoms. The first kappa shape index (κ1) is 11.7. The van der Waals surface area contributed by atoms with E-state index < -0.39 is 0 Å². The van der Waals surface area contributed by atoms with Crippen molar-refractivity contribution >= 4 is 5.95 Å². The summed E-state index contributed by atoms with van der Waals surface area (Å²) in [6, 6.07) is 8.52. The molecular formula is C15H18N6. The van der Waals surface area contributed by atoms with Crippen molar-refractivity contribution in [3.8, 4) is 5.69 Å². The van der Waals surface area contributed by atoms with Crippen LogP contribution in [0.4, 0.5) is 5.95 Å². The molecule has 108 valence electrons. The molecule has 1 aromatic carbocycles. The molecule has 0 radical (unpaired) electrons. The van der Waals surface area contributed by atoms with Gasteiger partial charge in [-0.1, -0.05) is 18.2 Å². The number of anilines is 1. The Balaban J connectivity index is 1.57. The summed E-state index contributed by atoms with van der Waals surface area (Å²) in [5.74, 6) is 2.00. The zero-order valence-corrected chi connectivity index (χ0v) is 11.8. The predicted molar refractivity (Wildman–Crippen MR) is 79.4 cm³/mol. The SMILES string of the molecule is c1ccc2c(c1)CNCc1nnc(N3CC4(CNC4)C3)n1-2. The lowest BCUT2D eigenvalue weighted by atomic mass is 9.75. The Hall–Kier alpha value is -1.92. The molecule has 0 atom stereocenters. The maximum atomic E-state index is 4.46. The van der Waals surface area contributed by atoms with Crippen LogP contribution in [0, 0.1) is 5.41 Å². The Bertz CT molecular complexity index is 694. The summed E-state index contributed by atoms with van der Waals surface area (Å²) in [6.07, 6.45) is 0. The molecule has 2 fully saturated rings. The van der Waals surface area contributed by atoms with Gasteiger partial charge in [0, 0.05) is 38.1 Å². The molecule has 3 aliphatic rings. The smallest absolute Gasteiger partial charge is 0.231 e. The van der Waals surface area contributed by atoms with Crippen LogP contribution in [-0.2, 0) is 13.1 Å². The van der Waals surface area contributed by atoms with Gasteiger partial charge in [-0.3, -0.25) is 4.57 Å².